The molecule has 2 bridgehead atoms. The first-order valence-electron chi connectivity index (χ1n) is 11.6. The Kier molecular flexibility index (Phi) is 5.43. The van der Waals surface area contributed by atoms with Crippen LogP contribution in [-0.4, -0.2) is 52.9 Å². The lowest BCUT2D eigenvalue weighted by atomic mass is 9.72. The second kappa shape index (κ2) is 8.01. The zero-order chi connectivity index (χ0) is 22.6. The van der Waals surface area contributed by atoms with Crippen molar-refractivity contribution >= 4 is 16.8 Å². The van der Waals surface area contributed by atoms with Crippen LogP contribution in [0.2, 0.25) is 0 Å². The number of pyridine rings is 1. The number of benzene rings is 1. The molecule has 1 aliphatic carbocycles. The van der Waals surface area contributed by atoms with E-state index in [1.807, 2.05) is 4.90 Å². The summed E-state index contributed by atoms with van der Waals surface area (Å²) in [6, 6.07) is 7.43. The molecule has 3 aliphatic heterocycles. The standard InChI is InChI=1S/C25H30F3N3O/c1-15-8-17(20-5-6-22(25(26,27)28)24-21(20)4-3-7-29-24)14-31(13-15)23(32)11-16-9-18-12-19(10-16)30(18)2/h3-7,15-19H,8-14H2,1-2H3. The second-order valence-electron chi connectivity index (χ2n) is 10.2. The molecule has 2 aromatic rings. The molecule has 0 N–H and O–H groups in total. The molecule has 1 saturated carbocycles. The van der Waals surface area contributed by atoms with E-state index >= 15 is 0 Å². The van der Waals surface area contributed by atoms with E-state index in [1.165, 1.54) is 12.6 Å². The van der Waals surface area contributed by atoms with Gasteiger partial charge in [-0.25, -0.2) is 0 Å². The summed E-state index contributed by atoms with van der Waals surface area (Å²) in [5.41, 5.74) is 0.166. The highest BCUT2D eigenvalue weighted by Gasteiger charge is 2.44. The van der Waals surface area contributed by atoms with E-state index in [4.69, 9.17) is 0 Å². The lowest BCUT2D eigenvalue weighted by molar-refractivity contribution is -0.137. The van der Waals surface area contributed by atoms with Gasteiger partial charge in [0, 0.05) is 49.1 Å². The van der Waals surface area contributed by atoms with Gasteiger partial charge in [-0.2, -0.15) is 13.2 Å². The lowest BCUT2D eigenvalue weighted by Gasteiger charge is -2.54. The molecule has 7 heteroatoms. The van der Waals surface area contributed by atoms with Crippen molar-refractivity contribution in [3.05, 3.63) is 41.6 Å². The first-order chi connectivity index (χ1) is 15.2. The molecule has 1 aromatic carbocycles. The van der Waals surface area contributed by atoms with Gasteiger partial charge in [0.1, 0.15) is 0 Å². The maximum Gasteiger partial charge on any atom is 0.418 e. The van der Waals surface area contributed by atoms with Crippen molar-refractivity contribution in [3.8, 4) is 0 Å². The predicted molar refractivity (Wildman–Crippen MR) is 117 cm³/mol. The summed E-state index contributed by atoms with van der Waals surface area (Å²) in [4.78, 5) is 21.7. The molecule has 4 nitrogen and oxygen atoms in total. The number of hydrogen-bond donors (Lipinski definition) is 0. The summed E-state index contributed by atoms with van der Waals surface area (Å²) in [5.74, 6) is 0.972. The number of amides is 1. The number of halogens is 3. The Morgan fingerprint density at radius 1 is 1.09 bits per heavy atom. The molecule has 32 heavy (non-hydrogen) atoms. The zero-order valence-electron chi connectivity index (χ0n) is 18.6. The minimum atomic E-state index is -4.44. The van der Waals surface area contributed by atoms with E-state index in [2.05, 4.69) is 23.9 Å². The topological polar surface area (TPSA) is 36.4 Å². The molecule has 1 amide bonds. The number of aromatic nitrogens is 1. The quantitative estimate of drug-likeness (QED) is 0.661. The molecule has 4 fully saturated rings. The van der Waals surface area contributed by atoms with Crippen molar-refractivity contribution in [2.24, 2.45) is 11.8 Å². The number of piperidine rings is 2. The van der Waals surface area contributed by atoms with Gasteiger partial charge in [0.15, 0.2) is 0 Å². The summed E-state index contributed by atoms with van der Waals surface area (Å²) in [6.45, 7) is 3.42. The Hall–Kier alpha value is -2.15. The third-order valence-corrected chi connectivity index (χ3v) is 7.93. The normalized spacial score (nSPS) is 30.9. The van der Waals surface area contributed by atoms with Crippen LogP contribution in [0.15, 0.2) is 30.5 Å². The maximum absolute atomic E-state index is 13.5. The molecular weight excluding hydrogens is 415 g/mol. The van der Waals surface area contributed by atoms with Gasteiger partial charge in [-0.1, -0.05) is 19.1 Å². The summed E-state index contributed by atoms with van der Waals surface area (Å²) < 4.78 is 40.5. The van der Waals surface area contributed by atoms with Gasteiger partial charge in [-0.15, -0.1) is 0 Å². The van der Waals surface area contributed by atoms with Crippen LogP contribution in [0.4, 0.5) is 13.2 Å². The van der Waals surface area contributed by atoms with Gasteiger partial charge in [0.05, 0.1) is 11.1 Å². The van der Waals surface area contributed by atoms with Crippen molar-refractivity contribution in [2.45, 2.75) is 63.2 Å². The molecular formula is C25H30F3N3O. The van der Waals surface area contributed by atoms with Crippen molar-refractivity contribution in [3.63, 3.8) is 0 Å². The van der Waals surface area contributed by atoms with Crippen LogP contribution in [0.1, 0.15) is 56.1 Å². The van der Waals surface area contributed by atoms with Crippen molar-refractivity contribution in [1.29, 1.82) is 0 Å². The van der Waals surface area contributed by atoms with Crippen LogP contribution in [0.25, 0.3) is 10.9 Å². The van der Waals surface area contributed by atoms with Crippen LogP contribution in [0.5, 0.6) is 0 Å². The molecule has 4 atom stereocenters. The second-order valence-corrected chi connectivity index (χ2v) is 10.2. The van der Waals surface area contributed by atoms with Crippen molar-refractivity contribution in [1.82, 2.24) is 14.8 Å². The first kappa shape index (κ1) is 21.7. The highest BCUT2D eigenvalue weighted by molar-refractivity contribution is 5.86. The lowest BCUT2D eigenvalue weighted by Crippen LogP contribution is -2.59. The molecule has 4 unspecified atom stereocenters. The van der Waals surface area contributed by atoms with E-state index in [0.29, 0.717) is 42.3 Å². The Morgan fingerprint density at radius 3 is 2.53 bits per heavy atom. The first-order valence-corrected chi connectivity index (χ1v) is 11.6. The highest BCUT2D eigenvalue weighted by atomic mass is 19.4. The number of carbonyl (C=O) groups is 1. The van der Waals surface area contributed by atoms with Crippen LogP contribution >= 0.6 is 0 Å². The Labute approximate surface area is 186 Å². The highest BCUT2D eigenvalue weighted by Crippen LogP contribution is 2.42. The SMILES string of the molecule is CC1CC(c2ccc(C(F)(F)F)c3ncccc23)CN(C(=O)CC2CC3CC(C2)N3C)C1. The minimum absolute atomic E-state index is 0.000784. The Morgan fingerprint density at radius 2 is 1.84 bits per heavy atom. The number of likely N-dealkylation sites (tertiary alicyclic amines) is 1. The van der Waals surface area contributed by atoms with Crippen molar-refractivity contribution < 1.29 is 18.0 Å². The summed E-state index contributed by atoms with van der Waals surface area (Å²) in [5, 5.41) is 0.546. The van der Waals surface area contributed by atoms with Crippen LogP contribution in [-0.2, 0) is 11.0 Å². The van der Waals surface area contributed by atoms with Gasteiger partial charge >= 0.3 is 6.18 Å². The summed E-state index contributed by atoms with van der Waals surface area (Å²) in [6.07, 6.45) is 1.88. The van der Waals surface area contributed by atoms with Gasteiger partial charge in [0.25, 0.3) is 0 Å². The smallest absolute Gasteiger partial charge is 0.342 e. The average Bonchev–Trinajstić information content (AvgIpc) is 2.77. The fourth-order valence-corrected chi connectivity index (χ4v) is 6.30. The largest absolute Gasteiger partial charge is 0.418 e. The monoisotopic (exact) mass is 445 g/mol. The fourth-order valence-electron chi connectivity index (χ4n) is 6.30. The molecule has 0 radical (unpaired) electrons. The van der Waals surface area contributed by atoms with E-state index in [-0.39, 0.29) is 17.3 Å². The third kappa shape index (κ3) is 3.89. The van der Waals surface area contributed by atoms with Gasteiger partial charge in [-0.05, 0) is 62.3 Å². The Bertz CT molecular complexity index is 1010. The van der Waals surface area contributed by atoms with E-state index in [0.717, 1.165) is 37.4 Å². The maximum atomic E-state index is 13.5. The van der Waals surface area contributed by atoms with E-state index < -0.39 is 11.7 Å². The molecule has 6 rings (SSSR count). The number of alkyl halides is 3. The molecule has 3 saturated heterocycles. The summed E-state index contributed by atoms with van der Waals surface area (Å²) in [7, 11) is 2.18. The Balaban J connectivity index is 1.36. The molecule has 0 spiro atoms. The van der Waals surface area contributed by atoms with Gasteiger partial charge < -0.3 is 9.80 Å². The fraction of sp³-hybridized carbons (Fsp3) is 0.600. The number of hydrogen-bond acceptors (Lipinski definition) is 3. The van der Waals surface area contributed by atoms with Crippen LogP contribution in [0, 0.1) is 11.8 Å². The average molecular weight is 446 g/mol. The molecule has 1 aromatic heterocycles. The zero-order valence-corrected chi connectivity index (χ0v) is 18.6. The third-order valence-electron chi connectivity index (χ3n) is 7.93. The molecule has 172 valence electrons. The van der Waals surface area contributed by atoms with Crippen LogP contribution in [0.3, 0.4) is 0 Å². The van der Waals surface area contributed by atoms with Gasteiger partial charge in [0.2, 0.25) is 5.91 Å². The number of rotatable bonds is 3. The molecule has 4 aliphatic rings. The van der Waals surface area contributed by atoms with Crippen LogP contribution < -0.4 is 0 Å². The number of carbonyl (C=O) groups excluding carboxylic acids is 1. The minimum Gasteiger partial charge on any atom is -0.342 e. The van der Waals surface area contributed by atoms with E-state index in [9.17, 15) is 18.0 Å². The van der Waals surface area contributed by atoms with Gasteiger partial charge in [-0.3, -0.25) is 9.78 Å². The number of nitrogens with zero attached hydrogens (tertiary/aromatic N) is 3. The van der Waals surface area contributed by atoms with Crippen molar-refractivity contribution in [2.75, 3.05) is 20.1 Å². The van der Waals surface area contributed by atoms with E-state index in [1.54, 1.807) is 18.2 Å². The summed E-state index contributed by atoms with van der Waals surface area (Å²) >= 11 is 0. The predicted octanol–water partition coefficient (Wildman–Crippen LogP) is 5.08. The molecule has 4 heterocycles. The number of fused-ring (bicyclic) bond motifs is 3.